The van der Waals surface area contributed by atoms with E-state index in [1.807, 2.05) is 36.6 Å². The first-order valence-corrected chi connectivity index (χ1v) is 9.85. The number of carbonyl (C=O) groups is 1. The number of benzene rings is 1. The molecule has 1 amide bonds. The summed E-state index contributed by atoms with van der Waals surface area (Å²) in [7, 11) is 0. The maximum Gasteiger partial charge on any atom is 0.251 e. The molecule has 0 aliphatic heterocycles. The lowest BCUT2D eigenvalue weighted by Gasteiger charge is -2.34. The van der Waals surface area contributed by atoms with Gasteiger partial charge in [0, 0.05) is 17.0 Å². The first-order valence-electron chi connectivity index (χ1n) is 8.97. The largest absolute Gasteiger partial charge is 0.487 e. The molecule has 1 aromatic carbocycles. The number of aromatic nitrogens is 1. The molecule has 0 bridgehead atoms. The Morgan fingerprint density at radius 2 is 2.20 bits per heavy atom. The van der Waals surface area contributed by atoms with Crippen LogP contribution in [-0.2, 0) is 6.61 Å². The molecule has 1 fully saturated rings. The molecule has 3 atom stereocenters. The Labute approximate surface area is 153 Å². The summed E-state index contributed by atoms with van der Waals surface area (Å²) in [6.45, 7) is 6.92. The average Bonchev–Trinajstić information content (AvgIpc) is 3.03. The van der Waals surface area contributed by atoms with E-state index in [4.69, 9.17) is 4.74 Å². The first-order chi connectivity index (χ1) is 12.0. The Bertz CT molecular complexity index is 728. The lowest BCUT2D eigenvalue weighted by molar-refractivity contribution is 0.0890. The van der Waals surface area contributed by atoms with Gasteiger partial charge in [0.05, 0.1) is 10.7 Å². The van der Waals surface area contributed by atoms with E-state index in [1.54, 1.807) is 11.3 Å². The van der Waals surface area contributed by atoms with Crippen LogP contribution in [0.4, 0.5) is 0 Å². The molecule has 134 valence electrons. The van der Waals surface area contributed by atoms with Crippen molar-refractivity contribution in [1.29, 1.82) is 0 Å². The predicted molar refractivity (Wildman–Crippen MR) is 101 cm³/mol. The third kappa shape index (κ3) is 4.60. The third-order valence-corrected chi connectivity index (χ3v) is 6.00. The number of nitrogens with one attached hydrogen (secondary N) is 1. The monoisotopic (exact) mass is 358 g/mol. The van der Waals surface area contributed by atoms with Crippen LogP contribution in [0, 0.1) is 18.8 Å². The van der Waals surface area contributed by atoms with Crippen LogP contribution >= 0.6 is 11.3 Å². The molecule has 3 rings (SSSR count). The van der Waals surface area contributed by atoms with Gasteiger partial charge in [-0.1, -0.05) is 32.8 Å². The van der Waals surface area contributed by atoms with Crippen LogP contribution in [0.1, 0.15) is 54.2 Å². The smallest absolute Gasteiger partial charge is 0.251 e. The summed E-state index contributed by atoms with van der Waals surface area (Å²) in [4.78, 5) is 17.0. The molecule has 2 aromatic rings. The lowest BCUT2D eigenvalue weighted by atomic mass is 9.78. The van der Waals surface area contributed by atoms with Gasteiger partial charge in [-0.15, -0.1) is 11.3 Å². The summed E-state index contributed by atoms with van der Waals surface area (Å²) in [5, 5.41) is 6.24. The fraction of sp³-hybridized carbons (Fsp3) is 0.500. The van der Waals surface area contributed by atoms with Gasteiger partial charge in [0.2, 0.25) is 0 Å². The van der Waals surface area contributed by atoms with Crippen LogP contribution in [0.2, 0.25) is 0 Å². The molecular weight excluding hydrogens is 332 g/mol. The number of amides is 1. The van der Waals surface area contributed by atoms with Gasteiger partial charge in [0.15, 0.2) is 0 Å². The van der Waals surface area contributed by atoms with E-state index < -0.39 is 0 Å². The number of thiazole rings is 1. The Balaban J connectivity index is 1.61. The standard InChI is InChI=1S/C20H26N2O2S/c1-13-6-4-9-19(14(13)2)22-20(23)16-7-5-8-18(10-16)24-11-17-12-25-15(3)21-17/h5,7-8,10,12-14,19H,4,6,9,11H2,1-3H3,(H,22,23). The highest BCUT2D eigenvalue weighted by Crippen LogP contribution is 2.29. The molecule has 1 heterocycles. The van der Waals surface area contributed by atoms with E-state index in [1.165, 1.54) is 12.8 Å². The zero-order chi connectivity index (χ0) is 17.8. The number of aryl methyl sites for hydroxylation is 1. The minimum absolute atomic E-state index is 0.0131. The van der Waals surface area contributed by atoms with Crippen LogP contribution in [0.3, 0.4) is 0 Å². The van der Waals surface area contributed by atoms with E-state index in [0.717, 1.165) is 17.1 Å². The molecule has 3 unspecified atom stereocenters. The highest BCUT2D eigenvalue weighted by atomic mass is 32.1. The molecule has 1 aliphatic rings. The van der Waals surface area contributed by atoms with Crippen molar-refractivity contribution in [2.45, 2.75) is 52.7 Å². The summed E-state index contributed by atoms with van der Waals surface area (Å²) in [5.41, 5.74) is 1.57. The molecular formula is C20H26N2O2S. The summed E-state index contributed by atoms with van der Waals surface area (Å²) in [6, 6.07) is 7.65. The van der Waals surface area contributed by atoms with E-state index in [0.29, 0.717) is 29.8 Å². The summed E-state index contributed by atoms with van der Waals surface area (Å²) < 4.78 is 5.79. The van der Waals surface area contributed by atoms with Crippen molar-refractivity contribution in [2.75, 3.05) is 0 Å². The van der Waals surface area contributed by atoms with Gasteiger partial charge < -0.3 is 10.1 Å². The summed E-state index contributed by atoms with van der Waals surface area (Å²) in [5.74, 6) is 1.87. The number of hydrogen-bond donors (Lipinski definition) is 1. The molecule has 4 nitrogen and oxygen atoms in total. The molecule has 1 aromatic heterocycles. The highest BCUT2D eigenvalue weighted by Gasteiger charge is 2.28. The van der Waals surface area contributed by atoms with Crippen molar-refractivity contribution in [3.8, 4) is 5.75 Å². The summed E-state index contributed by atoms with van der Waals surface area (Å²) in [6.07, 6.45) is 3.51. The number of carbonyl (C=O) groups excluding carboxylic acids is 1. The van der Waals surface area contributed by atoms with E-state index >= 15 is 0 Å². The first kappa shape index (κ1) is 17.9. The lowest BCUT2D eigenvalue weighted by Crippen LogP contribution is -2.43. The molecule has 5 heteroatoms. The quantitative estimate of drug-likeness (QED) is 0.851. The maximum absolute atomic E-state index is 12.6. The van der Waals surface area contributed by atoms with Crippen LogP contribution in [0.5, 0.6) is 5.75 Å². The van der Waals surface area contributed by atoms with Crippen molar-refractivity contribution in [3.05, 3.63) is 45.9 Å². The van der Waals surface area contributed by atoms with E-state index in [2.05, 4.69) is 24.1 Å². The second kappa shape index (κ2) is 8.00. The summed E-state index contributed by atoms with van der Waals surface area (Å²) >= 11 is 1.61. The van der Waals surface area contributed by atoms with Gasteiger partial charge in [0.1, 0.15) is 12.4 Å². The van der Waals surface area contributed by atoms with Crippen LogP contribution in [-0.4, -0.2) is 16.9 Å². The molecule has 1 N–H and O–H groups in total. The van der Waals surface area contributed by atoms with E-state index in [-0.39, 0.29) is 11.9 Å². The number of ether oxygens (including phenoxy) is 1. The third-order valence-electron chi connectivity index (χ3n) is 5.17. The number of nitrogens with zero attached hydrogens (tertiary/aromatic N) is 1. The normalized spacial score (nSPS) is 23.2. The van der Waals surface area contributed by atoms with Crippen molar-refractivity contribution in [2.24, 2.45) is 11.8 Å². The van der Waals surface area contributed by atoms with Gasteiger partial charge in [-0.2, -0.15) is 0 Å². The maximum atomic E-state index is 12.6. The highest BCUT2D eigenvalue weighted by molar-refractivity contribution is 7.09. The molecule has 0 spiro atoms. The minimum atomic E-state index is -0.0131. The van der Waals surface area contributed by atoms with E-state index in [9.17, 15) is 4.79 Å². The second-order valence-electron chi connectivity index (χ2n) is 7.02. The Hall–Kier alpha value is -1.88. The Kier molecular flexibility index (Phi) is 5.74. The van der Waals surface area contributed by atoms with Crippen molar-refractivity contribution in [1.82, 2.24) is 10.3 Å². The Morgan fingerprint density at radius 1 is 1.36 bits per heavy atom. The van der Waals surface area contributed by atoms with Crippen LogP contribution in [0.25, 0.3) is 0 Å². The molecule has 0 radical (unpaired) electrons. The number of rotatable bonds is 5. The molecule has 25 heavy (non-hydrogen) atoms. The fourth-order valence-electron chi connectivity index (χ4n) is 3.40. The van der Waals surface area contributed by atoms with Gasteiger partial charge in [-0.05, 0) is 43.4 Å². The Morgan fingerprint density at radius 3 is 2.96 bits per heavy atom. The zero-order valence-corrected chi connectivity index (χ0v) is 15.9. The number of hydrogen-bond acceptors (Lipinski definition) is 4. The van der Waals surface area contributed by atoms with Gasteiger partial charge >= 0.3 is 0 Å². The average molecular weight is 359 g/mol. The fourth-order valence-corrected chi connectivity index (χ4v) is 3.99. The second-order valence-corrected chi connectivity index (χ2v) is 8.08. The van der Waals surface area contributed by atoms with Crippen molar-refractivity contribution < 1.29 is 9.53 Å². The van der Waals surface area contributed by atoms with Gasteiger partial charge in [0.25, 0.3) is 5.91 Å². The molecule has 1 aliphatic carbocycles. The SMILES string of the molecule is Cc1nc(COc2cccc(C(=O)NC3CCCC(C)C3C)c2)cs1. The topological polar surface area (TPSA) is 51.2 Å². The van der Waals surface area contributed by atoms with Crippen LogP contribution in [0.15, 0.2) is 29.6 Å². The molecule has 1 saturated carbocycles. The van der Waals surface area contributed by atoms with Crippen LogP contribution < -0.4 is 10.1 Å². The van der Waals surface area contributed by atoms with Crippen molar-refractivity contribution in [3.63, 3.8) is 0 Å². The van der Waals surface area contributed by atoms with Gasteiger partial charge in [-0.3, -0.25) is 4.79 Å². The predicted octanol–water partition coefficient (Wildman–Crippen LogP) is 4.59. The minimum Gasteiger partial charge on any atom is -0.487 e. The van der Waals surface area contributed by atoms with Gasteiger partial charge in [-0.25, -0.2) is 4.98 Å². The van der Waals surface area contributed by atoms with Crippen molar-refractivity contribution >= 4 is 17.2 Å². The molecule has 0 saturated heterocycles. The zero-order valence-electron chi connectivity index (χ0n) is 15.1.